The van der Waals surface area contributed by atoms with E-state index in [-0.39, 0.29) is 0 Å². The van der Waals surface area contributed by atoms with E-state index in [9.17, 15) is 0 Å². The van der Waals surface area contributed by atoms with Gasteiger partial charge in [-0.25, -0.2) is 0 Å². The molecule has 2 aromatic rings. The van der Waals surface area contributed by atoms with Gasteiger partial charge in [-0.3, -0.25) is 0 Å². The van der Waals surface area contributed by atoms with Crippen molar-refractivity contribution in [2.45, 2.75) is 6.61 Å². The summed E-state index contributed by atoms with van der Waals surface area (Å²) >= 11 is 3.44. The molecule has 2 aromatic carbocycles. The molecule has 0 aromatic heterocycles. The van der Waals surface area contributed by atoms with Gasteiger partial charge in [0.15, 0.2) is 11.5 Å². The van der Waals surface area contributed by atoms with Crippen molar-refractivity contribution in [3.8, 4) is 17.2 Å². The molecule has 0 atom stereocenters. The number of nitrogens with two attached hydrogens (primary N) is 1. The third kappa shape index (κ3) is 2.82. The van der Waals surface area contributed by atoms with E-state index in [0.717, 1.165) is 10.0 Å². The largest absolute Gasteiger partial charge is 0.487 e. The highest BCUT2D eigenvalue weighted by molar-refractivity contribution is 9.10. The van der Waals surface area contributed by atoms with E-state index >= 15 is 0 Å². The van der Waals surface area contributed by atoms with Crippen molar-refractivity contribution >= 4 is 21.6 Å². The van der Waals surface area contributed by atoms with Crippen LogP contribution in [0.1, 0.15) is 5.56 Å². The summed E-state index contributed by atoms with van der Waals surface area (Å²) in [6.07, 6.45) is 0. The Bertz CT molecular complexity index is 631. The summed E-state index contributed by atoms with van der Waals surface area (Å²) in [4.78, 5) is 0. The SMILES string of the molecule is Nc1cc2c(cc1OCc1cccc(Br)c1)OCCO2. The lowest BCUT2D eigenvalue weighted by Crippen LogP contribution is -2.15. The van der Waals surface area contributed by atoms with E-state index in [2.05, 4.69) is 15.9 Å². The van der Waals surface area contributed by atoms with E-state index in [4.69, 9.17) is 19.9 Å². The first-order chi connectivity index (χ1) is 9.72. The van der Waals surface area contributed by atoms with Gasteiger partial charge in [0, 0.05) is 16.6 Å². The monoisotopic (exact) mass is 335 g/mol. The lowest BCUT2D eigenvalue weighted by molar-refractivity contribution is 0.170. The molecule has 1 aliphatic heterocycles. The Kier molecular flexibility index (Phi) is 3.69. The van der Waals surface area contributed by atoms with Crippen LogP contribution < -0.4 is 19.9 Å². The maximum Gasteiger partial charge on any atom is 0.165 e. The Hall–Kier alpha value is -1.88. The predicted octanol–water partition coefficient (Wildman–Crippen LogP) is 3.38. The van der Waals surface area contributed by atoms with E-state index in [1.54, 1.807) is 12.1 Å². The molecule has 3 rings (SSSR count). The zero-order chi connectivity index (χ0) is 13.9. The van der Waals surface area contributed by atoms with Gasteiger partial charge in [-0.15, -0.1) is 0 Å². The summed E-state index contributed by atoms with van der Waals surface area (Å²) < 4.78 is 17.8. The number of hydrogen-bond donors (Lipinski definition) is 1. The quantitative estimate of drug-likeness (QED) is 0.873. The van der Waals surface area contributed by atoms with E-state index in [1.165, 1.54) is 0 Å². The van der Waals surface area contributed by atoms with Crippen LogP contribution in [0.15, 0.2) is 40.9 Å². The van der Waals surface area contributed by atoms with E-state index in [0.29, 0.717) is 42.8 Å². The van der Waals surface area contributed by atoms with Crippen LogP contribution in [0, 0.1) is 0 Å². The first-order valence-electron chi connectivity index (χ1n) is 6.29. The van der Waals surface area contributed by atoms with Crippen LogP contribution in [-0.4, -0.2) is 13.2 Å². The number of fused-ring (bicyclic) bond motifs is 1. The average Bonchev–Trinajstić information content (AvgIpc) is 2.45. The molecule has 1 aliphatic rings. The maximum absolute atomic E-state index is 5.97. The summed E-state index contributed by atoms with van der Waals surface area (Å²) in [7, 11) is 0. The van der Waals surface area contributed by atoms with Crippen molar-refractivity contribution in [2.75, 3.05) is 18.9 Å². The number of anilines is 1. The van der Waals surface area contributed by atoms with Crippen LogP contribution in [0.2, 0.25) is 0 Å². The van der Waals surface area contributed by atoms with E-state index in [1.807, 2.05) is 24.3 Å². The number of benzene rings is 2. The Morgan fingerprint density at radius 3 is 2.60 bits per heavy atom. The van der Waals surface area contributed by atoms with Gasteiger partial charge < -0.3 is 19.9 Å². The van der Waals surface area contributed by atoms with Gasteiger partial charge in [0.2, 0.25) is 0 Å². The zero-order valence-electron chi connectivity index (χ0n) is 10.8. The van der Waals surface area contributed by atoms with Crippen molar-refractivity contribution in [1.29, 1.82) is 0 Å². The minimum absolute atomic E-state index is 0.448. The van der Waals surface area contributed by atoms with Crippen LogP contribution in [-0.2, 0) is 6.61 Å². The van der Waals surface area contributed by atoms with E-state index < -0.39 is 0 Å². The summed E-state index contributed by atoms with van der Waals surface area (Å²) in [5, 5.41) is 0. The second-order valence-electron chi connectivity index (χ2n) is 4.45. The fourth-order valence-electron chi connectivity index (χ4n) is 2.00. The molecule has 1 heterocycles. The van der Waals surface area contributed by atoms with Crippen LogP contribution in [0.25, 0.3) is 0 Å². The van der Waals surface area contributed by atoms with Crippen LogP contribution >= 0.6 is 15.9 Å². The third-order valence-electron chi connectivity index (χ3n) is 2.96. The fourth-order valence-corrected chi connectivity index (χ4v) is 2.45. The molecule has 0 bridgehead atoms. The molecule has 0 unspecified atom stereocenters. The van der Waals surface area contributed by atoms with Gasteiger partial charge in [0.1, 0.15) is 25.6 Å². The number of halogens is 1. The highest BCUT2D eigenvalue weighted by Gasteiger charge is 2.15. The molecule has 0 saturated heterocycles. The van der Waals surface area contributed by atoms with Crippen molar-refractivity contribution < 1.29 is 14.2 Å². The molecular weight excluding hydrogens is 322 g/mol. The summed E-state index contributed by atoms with van der Waals surface area (Å²) in [5.41, 5.74) is 7.58. The van der Waals surface area contributed by atoms with Crippen molar-refractivity contribution in [1.82, 2.24) is 0 Å². The van der Waals surface area contributed by atoms with Gasteiger partial charge in [0.05, 0.1) is 5.69 Å². The smallest absolute Gasteiger partial charge is 0.165 e. The number of rotatable bonds is 3. The first-order valence-corrected chi connectivity index (χ1v) is 7.08. The highest BCUT2D eigenvalue weighted by Crippen LogP contribution is 2.38. The molecule has 0 aliphatic carbocycles. The maximum atomic E-state index is 5.97. The molecule has 0 saturated carbocycles. The normalized spacial score (nSPS) is 13.1. The molecule has 0 fully saturated rings. The van der Waals surface area contributed by atoms with Gasteiger partial charge in [0.25, 0.3) is 0 Å². The minimum atomic E-state index is 0.448. The second kappa shape index (κ2) is 5.63. The van der Waals surface area contributed by atoms with Gasteiger partial charge >= 0.3 is 0 Å². The summed E-state index contributed by atoms with van der Waals surface area (Å²) in [6.45, 7) is 1.54. The number of nitrogen functional groups attached to an aromatic ring is 1. The average molecular weight is 336 g/mol. The predicted molar refractivity (Wildman–Crippen MR) is 80.3 cm³/mol. The highest BCUT2D eigenvalue weighted by atomic mass is 79.9. The molecule has 20 heavy (non-hydrogen) atoms. The lowest BCUT2D eigenvalue weighted by Gasteiger charge is -2.20. The molecule has 2 N–H and O–H groups in total. The zero-order valence-corrected chi connectivity index (χ0v) is 12.4. The van der Waals surface area contributed by atoms with Crippen LogP contribution in [0.5, 0.6) is 17.2 Å². The fraction of sp³-hybridized carbons (Fsp3) is 0.200. The Balaban J connectivity index is 1.77. The van der Waals surface area contributed by atoms with Crippen molar-refractivity contribution in [2.24, 2.45) is 0 Å². The van der Waals surface area contributed by atoms with Gasteiger partial charge in [-0.1, -0.05) is 28.1 Å². The third-order valence-corrected chi connectivity index (χ3v) is 3.45. The summed E-state index contributed by atoms with van der Waals surface area (Å²) in [5.74, 6) is 1.95. The summed E-state index contributed by atoms with van der Waals surface area (Å²) in [6, 6.07) is 11.5. The minimum Gasteiger partial charge on any atom is -0.487 e. The molecule has 0 spiro atoms. The van der Waals surface area contributed by atoms with Crippen molar-refractivity contribution in [3.63, 3.8) is 0 Å². The lowest BCUT2D eigenvalue weighted by atomic mass is 10.2. The molecular formula is C15H14BrNO3. The van der Waals surface area contributed by atoms with Crippen molar-refractivity contribution in [3.05, 3.63) is 46.4 Å². The molecule has 0 radical (unpaired) electrons. The van der Waals surface area contributed by atoms with Crippen LogP contribution in [0.3, 0.4) is 0 Å². The molecule has 104 valence electrons. The number of ether oxygens (including phenoxy) is 3. The Labute approximate surface area is 125 Å². The van der Waals surface area contributed by atoms with Gasteiger partial charge in [-0.2, -0.15) is 0 Å². The standard InChI is InChI=1S/C15H14BrNO3/c16-11-3-1-2-10(6-11)9-20-13-8-15-14(7-12(13)17)18-4-5-19-15/h1-3,6-8H,4-5,9,17H2. The first kappa shape index (κ1) is 13.1. The topological polar surface area (TPSA) is 53.7 Å². The van der Waals surface area contributed by atoms with Gasteiger partial charge in [-0.05, 0) is 17.7 Å². The van der Waals surface area contributed by atoms with Crippen LogP contribution in [0.4, 0.5) is 5.69 Å². The molecule has 0 amide bonds. The Morgan fingerprint density at radius 2 is 1.85 bits per heavy atom. The molecule has 5 heteroatoms. The second-order valence-corrected chi connectivity index (χ2v) is 5.37. The number of hydrogen-bond acceptors (Lipinski definition) is 4. The Morgan fingerprint density at radius 1 is 1.10 bits per heavy atom. The molecule has 4 nitrogen and oxygen atoms in total.